The SMILES string of the molecule is Cc1nnc(-c2cc(=O)cco2)o1. The van der Waals surface area contributed by atoms with Gasteiger partial charge in [0.25, 0.3) is 5.89 Å². The van der Waals surface area contributed by atoms with Crippen molar-refractivity contribution in [3.8, 4) is 11.7 Å². The molecule has 66 valence electrons. The standard InChI is InChI=1S/C8H6N2O3/c1-5-9-10-8(13-5)7-4-6(11)2-3-12-7/h2-4H,1H3. The molecule has 0 saturated heterocycles. The quantitative estimate of drug-likeness (QED) is 0.651. The van der Waals surface area contributed by atoms with Crippen molar-refractivity contribution in [2.75, 3.05) is 0 Å². The first-order chi connectivity index (χ1) is 6.25. The molecule has 0 aliphatic carbocycles. The van der Waals surface area contributed by atoms with Crippen LogP contribution >= 0.6 is 0 Å². The maximum Gasteiger partial charge on any atom is 0.283 e. The topological polar surface area (TPSA) is 69.1 Å². The minimum atomic E-state index is -0.155. The summed E-state index contributed by atoms with van der Waals surface area (Å²) in [4.78, 5) is 10.9. The van der Waals surface area contributed by atoms with Crippen molar-refractivity contribution < 1.29 is 8.83 Å². The number of nitrogens with zero attached hydrogens (tertiary/aromatic N) is 2. The molecule has 0 bridgehead atoms. The normalized spacial score (nSPS) is 10.2. The van der Waals surface area contributed by atoms with Crippen LogP contribution in [-0.2, 0) is 0 Å². The second-order valence-corrected chi connectivity index (χ2v) is 2.46. The third-order valence-electron chi connectivity index (χ3n) is 1.44. The molecule has 2 rings (SSSR count). The van der Waals surface area contributed by atoms with Crippen molar-refractivity contribution in [2.24, 2.45) is 0 Å². The lowest BCUT2D eigenvalue weighted by Gasteiger charge is -1.89. The Labute approximate surface area is 73.0 Å². The minimum Gasteiger partial charge on any atom is -0.459 e. The summed E-state index contributed by atoms with van der Waals surface area (Å²) < 4.78 is 10.1. The van der Waals surface area contributed by atoms with E-state index in [1.807, 2.05) is 0 Å². The Bertz CT molecular complexity index is 472. The van der Waals surface area contributed by atoms with Gasteiger partial charge in [-0.1, -0.05) is 0 Å². The van der Waals surface area contributed by atoms with Gasteiger partial charge in [-0.2, -0.15) is 0 Å². The van der Waals surface area contributed by atoms with Crippen LogP contribution in [0.15, 0.2) is 32.0 Å². The van der Waals surface area contributed by atoms with E-state index in [4.69, 9.17) is 8.83 Å². The molecule has 5 nitrogen and oxygen atoms in total. The van der Waals surface area contributed by atoms with E-state index in [1.165, 1.54) is 18.4 Å². The highest BCUT2D eigenvalue weighted by molar-refractivity contribution is 5.41. The van der Waals surface area contributed by atoms with E-state index >= 15 is 0 Å². The summed E-state index contributed by atoms with van der Waals surface area (Å²) >= 11 is 0. The molecule has 2 aromatic heterocycles. The van der Waals surface area contributed by atoms with Crippen molar-refractivity contribution >= 4 is 0 Å². The Hall–Kier alpha value is -1.91. The Balaban J connectivity index is 2.52. The molecule has 0 atom stereocenters. The monoisotopic (exact) mass is 178 g/mol. The van der Waals surface area contributed by atoms with Crippen LogP contribution in [0.2, 0.25) is 0 Å². The molecular formula is C8H6N2O3. The zero-order valence-electron chi connectivity index (χ0n) is 6.85. The largest absolute Gasteiger partial charge is 0.459 e. The van der Waals surface area contributed by atoms with E-state index in [0.717, 1.165) is 0 Å². The van der Waals surface area contributed by atoms with Crippen LogP contribution in [0, 0.1) is 6.92 Å². The number of hydrogen-bond acceptors (Lipinski definition) is 5. The summed E-state index contributed by atoms with van der Waals surface area (Å²) in [7, 11) is 0. The number of hydrogen-bond donors (Lipinski definition) is 0. The molecule has 0 N–H and O–H groups in total. The molecule has 0 unspecified atom stereocenters. The molecular weight excluding hydrogens is 172 g/mol. The fourth-order valence-corrected chi connectivity index (χ4v) is 0.894. The van der Waals surface area contributed by atoms with E-state index in [2.05, 4.69) is 10.2 Å². The van der Waals surface area contributed by atoms with Gasteiger partial charge in [0.15, 0.2) is 11.2 Å². The predicted molar refractivity (Wildman–Crippen MR) is 43.0 cm³/mol. The van der Waals surface area contributed by atoms with Gasteiger partial charge in [0.1, 0.15) is 0 Å². The molecule has 0 fully saturated rings. The van der Waals surface area contributed by atoms with Gasteiger partial charge in [-0.15, -0.1) is 10.2 Å². The number of rotatable bonds is 1. The summed E-state index contributed by atoms with van der Waals surface area (Å²) in [5.41, 5.74) is -0.155. The molecule has 5 heteroatoms. The summed E-state index contributed by atoms with van der Waals surface area (Å²) in [5, 5.41) is 7.32. The maximum absolute atomic E-state index is 10.9. The Morgan fingerprint density at radius 3 is 2.85 bits per heavy atom. The number of aryl methyl sites for hydroxylation is 1. The lowest BCUT2D eigenvalue weighted by Crippen LogP contribution is -1.95. The molecule has 0 spiro atoms. The summed E-state index contributed by atoms with van der Waals surface area (Å²) in [6.07, 6.45) is 1.29. The van der Waals surface area contributed by atoms with Crippen LogP contribution in [0.1, 0.15) is 5.89 Å². The smallest absolute Gasteiger partial charge is 0.283 e. The van der Waals surface area contributed by atoms with Crippen LogP contribution in [0.5, 0.6) is 0 Å². The molecule has 0 aromatic carbocycles. The van der Waals surface area contributed by atoms with E-state index < -0.39 is 0 Å². The van der Waals surface area contributed by atoms with Crippen LogP contribution in [0.25, 0.3) is 11.7 Å². The van der Waals surface area contributed by atoms with E-state index in [1.54, 1.807) is 6.92 Å². The van der Waals surface area contributed by atoms with Crippen LogP contribution in [-0.4, -0.2) is 10.2 Å². The van der Waals surface area contributed by atoms with Crippen LogP contribution in [0.3, 0.4) is 0 Å². The maximum atomic E-state index is 10.9. The first-order valence-corrected chi connectivity index (χ1v) is 3.65. The average molecular weight is 178 g/mol. The van der Waals surface area contributed by atoms with Gasteiger partial charge in [0.05, 0.1) is 6.26 Å². The Kier molecular flexibility index (Phi) is 1.70. The molecule has 0 aliphatic rings. The third-order valence-corrected chi connectivity index (χ3v) is 1.44. The Morgan fingerprint density at radius 2 is 2.23 bits per heavy atom. The number of aromatic nitrogens is 2. The zero-order valence-corrected chi connectivity index (χ0v) is 6.85. The minimum absolute atomic E-state index is 0.155. The van der Waals surface area contributed by atoms with E-state index in [0.29, 0.717) is 5.89 Å². The first-order valence-electron chi connectivity index (χ1n) is 3.65. The second kappa shape index (κ2) is 2.85. The molecule has 13 heavy (non-hydrogen) atoms. The van der Waals surface area contributed by atoms with Gasteiger partial charge in [-0.3, -0.25) is 4.79 Å². The third kappa shape index (κ3) is 1.48. The van der Waals surface area contributed by atoms with Gasteiger partial charge < -0.3 is 8.83 Å². The van der Waals surface area contributed by atoms with Crippen LogP contribution in [0.4, 0.5) is 0 Å². The van der Waals surface area contributed by atoms with Crippen molar-refractivity contribution in [3.05, 3.63) is 34.5 Å². The highest BCUT2D eigenvalue weighted by Gasteiger charge is 2.07. The van der Waals surface area contributed by atoms with Crippen molar-refractivity contribution in [3.63, 3.8) is 0 Å². The molecule has 0 aliphatic heterocycles. The molecule has 2 aromatic rings. The molecule has 0 radical (unpaired) electrons. The van der Waals surface area contributed by atoms with Crippen molar-refractivity contribution in [1.82, 2.24) is 10.2 Å². The predicted octanol–water partition coefficient (Wildman–Crippen LogP) is 0.998. The summed E-state index contributed by atoms with van der Waals surface area (Å²) in [6, 6.07) is 2.61. The Morgan fingerprint density at radius 1 is 1.38 bits per heavy atom. The van der Waals surface area contributed by atoms with E-state index in [-0.39, 0.29) is 17.1 Å². The lowest BCUT2D eigenvalue weighted by atomic mass is 10.4. The average Bonchev–Trinajstić information content (AvgIpc) is 2.52. The summed E-state index contributed by atoms with van der Waals surface area (Å²) in [6.45, 7) is 1.66. The molecule has 2 heterocycles. The highest BCUT2D eigenvalue weighted by atomic mass is 16.4. The van der Waals surface area contributed by atoms with Crippen LogP contribution < -0.4 is 5.43 Å². The molecule has 0 amide bonds. The van der Waals surface area contributed by atoms with Gasteiger partial charge in [-0.05, 0) is 0 Å². The highest BCUT2D eigenvalue weighted by Crippen LogP contribution is 2.14. The fourth-order valence-electron chi connectivity index (χ4n) is 0.894. The zero-order chi connectivity index (χ0) is 9.26. The van der Waals surface area contributed by atoms with E-state index in [9.17, 15) is 4.79 Å². The fraction of sp³-hybridized carbons (Fsp3) is 0.125. The van der Waals surface area contributed by atoms with Crippen molar-refractivity contribution in [1.29, 1.82) is 0 Å². The lowest BCUT2D eigenvalue weighted by molar-refractivity contribution is 0.489. The van der Waals surface area contributed by atoms with Gasteiger partial charge in [0.2, 0.25) is 5.89 Å². The van der Waals surface area contributed by atoms with Crippen molar-refractivity contribution in [2.45, 2.75) is 6.92 Å². The first kappa shape index (κ1) is 7.72. The van der Waals surface area contributed by atoms with Gasteiger partial charge >= 0.3 is 0 Å². The van der Waals surface area contributed by atoms with Gasteiger partial charge in [-0.25, -0.2) is 0 Å². The second-order valence-electron chi connectivity index (χ2n) is 2.46. The summed E-state index contributed by atoms with van der Waals surface area (Å²) in [5.74, 6) is 0.935. The van der Waals surface area contributed by atoms with Gasteiger partial charge in [0, 0.05) is 19.1 Å². The molecule has 0 saturated carbocycles.